The van der Waals surface area contributed by atoms with Crippen molar-refractivity contribution >= 4 is 15.8 Å². The molecule has 0 spiro atoms. The third-order valence-corrected chi connectivity index (χ3v) is 13.1. The summed E-state index contributed by atoms with van der Waals surface area (Å²) in [6, 6.07) is 0. The van der Waals surface area contributed by atoms with Crippen molar-refractivity contribution in [2.24, 2.45) is 0 Å². The third kappa shape index (κ3) is 18.1. The van der Waals surface area contributed by atoms with E-state index in [0.717, 1.165) is 0 Å². The summed E-state index contributed by atoms with van der Waals surface area (Å²) in [5, 5.41) is 2.17. The van der Waals surface area contributed by atoms with E-state index in [2.05, 4.69) is 144 Å². The second kappa shape index (κ2) is 14.4. The molecule has 0 aromatic heterocycles. The summed E-state index contributed by atoms with van der Waals surface area (Å²) in [5.74, 6) is 0. The van der Waals surface area contributed by atoms with Crippen molar-refractivity contribution in [1.82, 2.24) is 0 Å². The Hall–Kier alpha value is 2.76. The van der Waals surface area contributed by atoms with Gasteiger partial charge < -0.3 is 13.8 Å². The summed E-state index contributed by atoms with van der Waals surface area (Å²) in [6.07, 6.45) is 0. The fourth-order valence-corrected chi connectivity index (χ4v) is 18.9. The average Bonchev–Trinajstić information content (AvgIpc) is 2.14. The molecule has 0 bridgehead atoms. The molecule has 0 saturated heterocycles. The number of hydrogen-bond donors (Lipinski definition) is 0. The largest absolute Gasteiger partial charge is 0 e. The minimum absolute atomic E-state index is 0. The molecule has 0 radical (unpaired) electrons. The second-order valence-electron chi connectivity index (χ2n) is 13.6. The van der Waals surface area contributed by atoms with Gasteiger partial charge in [-0.15, -0.1) is 0 Å². The zero-order chi connectivity index (χ0) is 24.9. The molecule has 0 amide bonds. The zero-order valence-corrected chi connectivity index (χ0v) is 29.6. The van der Waals surface area contributed by atoms with Crippen LogP contribution in [0, 0.1) is 32.9 Å². The van der Waals surface area contributed by atoms with Crippen LogP contribution in [0.5, 0.6) is 0 Å². The van der Waals surface area contributed by atoms with Gasteiger partial charge in [0.05, 0.1) is 20.6 Å². The Kier molecular flexibility index (Phi) is 19.1. The molecule has 0 aliphatic rings. The van der Waals surface area contributed by atoms with E-state index in [9.17, 15) is 0 Å². The van der Waals surface area contributed by atoms with Gasteiger partial charge in [0.25, 0.3) is 0 Å². The van der Waals surface area contributed by atoms with Gasteiger partial charge in [-0.3, -0.25) is 0 Å². The van der Waals surface area contributed by atoms with Gasteiger partial charge in [0.2, 0.25) is 0 Å². The van der Waals surface area contributed by atoms with Crippen molar-refractivity contribution in [1.29, 1.82) is 0 Å². The minimum atomic E-state index is -0.502. The maximum Gasteiger partial charge on any atom is 0 e. The zero-order valence-electron chi connectivity index (χ0n) is 22.9. The van der Waals surface area contributed by atoms with Crippen molar-refractivity contribution < 1.29 is 55.4 Å². The summed E-state index contributed by atoms with van der Waals surface area (Å²) in [4.78, 5) is 0. The van der Waals surface area contributed by atoms with Gasteiger partial charge in [-0.05, 0) is 109 Å². The molecule has 0 heterocycles. The fraction of sp³-hybridized carbons (Fsp3) is 0.917. The van der Waals surface area contributed by atoms with Gasteiger partial charge in [-0.25, -0.2) is 0 Å². The molecule has 0 N–H and O–H groups in total. The first kappa shape index (κ1) is 40.0. The van der Waals surface area contributed by atoms with Crippen LogP contribution in [0.3, 0.4) is 0 Å². The van der Waals surface area contributed by atoms with Gasteiger partial charge in [-0.1, -0.05) is 27.7 Å². The summed E-state index contributed by atoms with van der Waals surface area (Å²) >= 11 is 0.117. The molecule has 194 valence electrons. The van der Waals surface area contributed by atoms with Crippen LogP contribution in [-0.2, 0) is 36.4 Å². The van der Waals surface area contributed by atoms with Gasteiger partial charge >= 0.3 is 35.0 Å². The first-order chi connectivity index (χ1) is 12.1. The molecule has 0 aromatic rings. The number of hydrogen-bond acceptors (Lipinski definition) is 0. The van der Waals surface area contributed by atoms with Crippen molar-refractivity contribution in [2.45, 2.75) is 142 Å². The average molecular weight is 690 g/mol. The van der Waals surface area contributed by atoms with Gasteiger partial charge in [0.15, 0.2) is 0 Å². The van der Waals surface area contributed by atoms with Crippen LogP contribution in [0.4, 0.5) is 0 Å². The predicted molar refractivity (Wildman–Crippen MR) is 137 cm³/mol. The first-order valence-corrected chi connectivity index (χ1v) is 17.8. The molecule has 0 fully saturated rings. The molecule has 0 atom stereocenters. The summed E-state index contributed by atoms with van der Waals surface area (Å²) in [5.41, 5.74) is 0. The molecule has 0 saturated carbocycles. The Morgan fingerprint density at radius 2 is 0.567 bits per heavy atom. The normalized spacial score (nSPS) is 13.9. The second-order valence-corrected chi connectivity index (χ2v) is 26.5. The van der Waals surface area contributed by atoms with Crippen LogP contribution in [0.2, 0.25) is 0 Å². The van der Waals surface area contributed by atoms with Crippen molar-refractivity contribution in [3.8, 4) is 0 Å². The maximum atomic E-state index is 4.35. The van der Waals surface area contributed by atoms with Gasteiger partial charge in [-0.2, -0.15) is 0 Å². The third-order valence-electron chi connectivity index (χ3n) is 4.35. The van der Waals surface area contributed by atoms with Crippen LogP contribution in [0.15, 0.2) is 0 Å². The number of halogens is 2. The van der Waals surface area contributed by atoms with E-state index in [0.29, 0.717) is 20.6 Å². The van der Waals surface area contributed by atoms with Crippen molar-refractivity contribution in [2.75, 3.05) is 0 Å². The molecular weight excluding hydrogens is 634 g/mol. The van der Waals surface area contributed by atoms with E-state index in [1.54, 1.807) is 0 Å². The van der Waals surface area contributed by atoms with Crippen molar-refractivity contribution in [3.05, 3.63) is 13.8 Å². The Labute approximate surface area is 225 Å². The van der Waals surface area contributed by atoms with E-state index in [1.165, 1.54) is 0 Å². The molecule has 0 unspecified atom stereocenters. The van der Waals surface area contributed by atoms with Crippen molar-refractivity contribution in [3.63, 3.8) is 0 Å². The van der Waals surface area contributed by atoms with E-state index in [-0.39, 0.29) is 46.7 Å². The Bertz CT molecular complexity index is 332. The maximum absolute atomic E-state index is 4.35. The molecule has 0 rings (SSSR count). The summed E-state index contributed by atoms with van der Waals surface area (Å²) in [7, 11) is 7.51. The van der Waals surface area contributed by atoms with E-state index < -0.39 is 15.8 Å². The topological polar surface area (TPSA) is 0 Å². The molecular formula is C24H56Cl2P2Pd2+2. The molecule has 0 nitrogen and oxygen atoms in total. The quantitative estimate of drug-likeness (QED) is 0.156. The van der Waals surface area contributed by atoms with E-state index in [4.69, 9.17) is 0 Å². The first-order valence-electron chi connectivity index (χ1n) is 10.5. The monoisotopic (exact) mass is 688 g/mol. The van der Waals surface area contributed by atoms with Crippen LogP contribution in [-0.4, -0.2) is 30.9 Å². The standard InChI is InChI=1S/2C12H26P.2ClH.2Pd/c2*1-10(2,3)13(11(4,5)6)12(7,8)9;;;;/h2*1H2,2-9H3;2*1H;;/q2*-1;;;;+2/p+2. The van der Waals surface area contributed by atoms with Crippen LogP contribution < -0.4 is 0 Å². The predicted octanol–water partition coefficient (Wildman–Crippen LogP) is 8.28. The molecule has 30 heavy (non-hydrogen) atoms. The molecule has 0 aliphatic carbocycles. The Balaban J connectivity index is -0.000000193. The summed E-state index contributed by atoms with van der Waals surface area (Å²) in [6.45, 7) is 46.2. The Morgan fingerprint density at radius 3 is 0.567 bits per heavy atom. The smallest absolute Gasteiger partial charge is 0 e. The minimum Gasteiger partial charge on any atom is 0 e. The van der Waals surface area contributed by atoms with Gasteiger partial charge in [0, 0.05) is 20.4 Å². The van der Waals surface area contributed by atoms with Gasteiger partial charge in [0.1, 0.15) is 0 Å². The van der Waals surface area contributed by atoms with E-state index in [1.807, 2.05) is 0 Å². The van der Waals surface area contributed by atoms with E-state index >= 15 is 0 Å². The Morgan fingerprint density at radius 1 is 0.467 bits per heavy atom. The number of rotatable bonds is 2. The molecule has 6 heteroatoms. The SMILES string of the molecule is [CH2-]C(C)(C)[PH+](C(C)(C)C)C(C)(C)C.[CH2-]C(C)(C)[PH+](C(C)(C)C)C(C)(C)C.[ClH+][Pd][ClH+].[Pd]. The molecule has 0 aliphatic heterocycles. The fourth-order valence-electron chi connectivity index (χ4n) is 6.31. The van der Waals surface area contributed by atoms with Crippen LogP contribution >= 0.6 is 15.8 Å². The van der Waals surface area contributed by atoms with Crippen LogP contribution in [0.25, 0.3) is 0 Å². The summed E-state index contributed by atoms with van der Waals surface area (Å²) < 4.78 is 0. The molecule has 0 aromatic carbocycles. The van der Waals surface area contributed by atoms with Crippen LogP contribution in [0.1, 0.15) is 111 Å².